The van der Waals surface area contributed by atoms with Crippen LogP contribution in [0.15, 0.2) is 4.99 Å². The van der Waals surface area contributed by atoms with Crippen molar-refractivity contribution >= 4 is 5.96 Å². The van der Waals surface area contributed by atoms with Gasteiger partial charge in [0.2, 0.25) is 0 Å². The van der Waals surface area contributed by atoms with Gasteiger partial charge in [0.15, 0.2) is 5.96 Å². The van der Waals surface area contributed by atoms with Gasteiger partial charge in [-0.2, -0.15) is 0 Å². The van der Waals surface area contributed by atoms with Crippen molar-refractivity contribution in [3.63, 3.8) is 0 Å². The van der Waals surface area contributed by atoms with Crippen molar-refractivity contribution in [3.05, 3.63) is 0 Å². The Labute approximate surface area is 111 Å². The Bertz CT molecular complexity index is 241. The molecule has 0 heterocycles. The molecule has 1 rings (SSSR count). The molecule has 1 saturated carbocycles. The molecular formula is C13H28N4O. The molecule has 0 unspecified atom stereocenters. The lowest BCUT2D eigenvalue weighted by molar-refractivity contribution is 0.161. The second kappa shape index (κ2) is 9.16. The summed E-state index contributed by atoms with van der Waals surface area (Å²) in [7, 11) is 3.84. The Hall–Kier alpha value is -0.810. The highest BCUT2D eigenvalue weighted by molar-refractivity contribution is 5.77. The van der Waals surface area contributed by atoms with Crippen molar-refractivity contribution in [1.29, 1.82) is 0 Å². The maximum Gasteiger partial charge on any atom is 0.188 e. The SMILES string of the molecule is COCCN(C)CCCNC(N)=NCC1CCC1. The van der Waals surface area contributed by atoms with Gasteiger partial charge in [0.05, 0.1) is 6.61 Å². The maximum atomic E-state index is 5.80. The molecule has 1 fully saturated rings. The van der Waals surface area contributed by atoms with E-state index in [1.54, 1.807) is 7.11 Å². The maximum absolute atomic E-state index is 5.80. The van der Waals surface area contributed by atoms with E-state index in [1.807, 2.05) is 0 Å². The van der Waals surface area contributed by atoms with E-state index in [4.69, 9.17) is 10.5 Å². The van der Waals surface area contributed by atoms with Crippen LogP contribution < -0.4 is 11.1 Å². The Balaban J connectivity index is 1.95. The van der Waals surface area contributed by atoms with E-state index in [-0.39, 0.29) is 0 Å². The van der Waals surface area contributed by atoms with Gasteiger partial charge in [-0.1, -0.05) is 6.42 Å². The summed E-state index contributed by atoms with van der Waals surface area (Å²) in [6.45, 7) is 4.59. The van der Waals surface area contributed by atoms with Crippen molar-refractivity contribution in [2.24, 2.45) is 16.6 Å². The molecule has 0 bridgehead atoms. The number of likely N-dealkylation sites (N-methyl/N-ethyl adjacent to an activating group) is 1. The fourth-order valence-electron chi connectivity index (χ4n) is 1.88. The lowest BCUT2D eigenvalue weighted by Crippen LogP contribution is -2.35. The van der Waals surface area contributed by atoms with Crippen molar-refractivity contribution in [2.75, 3.05) is 46.9 Å². The standard InChI is InChI=1S/C13H28N4O/c1-17(9-10-18-2)8-4-7-15-13(14)16-11-12-5-3-6-12/h12H,3-11H2,1-2H3,(H3,14,15,16). The van der Waals surface area contributed by atoms with E-state index in [9.17, 15) is 0 Å². The van der Waals surface area contributed by atoms with Crippen LogP contribution in [0.3, 0.4) is 0 Å². The van der Waals surface area contributed by atoms with E-state index in [1.165, 1.54) is 19.3 Å². The van der Waals surface area contributed by atoms with Gasteiger partial charge < -0.3 is 20.7 Å². The lowest BCUT2D eigenvalue weighted by atomic mass is 9.86. The molecule has 1 aliphatic carbocycles. The van der Waals surface area contributed by atoms with E-state index < -0.39 is 0 Å². The van der Waals surface area contributed by atoms with Crippen molar-refractivity contribution in [1.82, 2.24) is 10.2 Å². The molecule has 0 radical (unpaired) electrons. The first-order chi connectivity index (χ1) is 8.72. The summed E-state index contributed by atoms with van der Waals surface area (Å²) >= 11 is 0. The highest BCUT2D eigenvalue weighted by Crippen LogP contribution is 2.26. The molecule has 1 aliphatic rings. The van der Waals surface area contributed by atoms with E-state index in [2.05, 4.69) is 22.3 Å². The molecule has 0 amide bonds. The van der Waals surface area contributed by atoms with Gasteiger partial charge in [0, 0.05) is 26.7 Å². The molecule has 0 atom stereocenters. The molecule has 0 aromatic carbocycles. The van der Waals surface area contributed by atoms with Crippen LogP contribution in [0, 0.1) is 5.92 Å². The molecule has 5 heteroatoms. The molecule has 0 saturated heterocycles. The minimum absolute atomic E-state index is 0.599. The van der Waals surface area contributed by atoms with E-state index >= 15 is 0 Å². The second-order valence-corrected chi connectivity index (χ2v) is 5.10. The first-order valence-electron chi connectivity index (χ1n) is 6.93. The second-order valence-electron chi connectivity index (χ2n) is 5.10. The Morgan fingerprint density at radius 1 is 1.44 bits per heavy atom. The van der Waals surface area contributed by atoms with Crippen LogP contribution in [0.4, 0.5) is 0 Å². The third-order valence-corrected chi connectivity index (χ3v) is 3.44. The molecule has 106 valence electrons. The predicted molar refractivity (Wildman–Crippen MR) is 75.8 cm³/mol. The number of hydrogen-bond acceptors (Lipinski definition) is 3. The van der Waals surface area contributed by atoms with Gasteiger partial charge in [-0.05, 0) is 38.8 Å². The van der Waals surface area contributed by atoms with Crippen LogP contribution in [0.25, 0.3) is 0 Å². The molecule has 18 heavy (non-hydrogen) atoms. The van der Waals surface area contributed by atoms with Gasteiger partial charge in [-0.3, -0.25) is 4.99 Å². The van der Waals surface area contributed by atoms with Gasteiger partial charge in [0.1, 0.15) is 0 Å². The average Bonchev–Trinajstić information content (AvgIpc) is 2.30. The molecule has 3 N–H and O–H groups in total. The summed E-state index contributed by atoms with van der Waals surface area (Å²) < 4.78 is 5.03. The summed E-state index contributed by atoms with van der Waals surface area (Å²) in [5.74, 6) is 1.38. The largest absolute Gasteiger partial charge is 0.383 e. The van der Waals surface area contributed by atoms with Gasteiger partial charge in [0.25, 0.3) is 0 Å². The van der Waals surface area contributed by atoms with Crippen LogP contribution in [-0.2, 0) is 4.74 Å². The normalized spacial score (nSPS) is 16.9. The van der Waals surface area contributed by atoms with Crippen molar-refractivity contribution in [3.8, 4) is 0 Å². The number of guanidine groups is 1. The highest BCUT2D eigenvalue weighted by atomic mass is 16.5. The topological polar surface area (TPSA) is 62.9 Å². The molecule has 0 aromatic heterocycles. The Kier molecular flexibility index (Phi) is 7.76. The fraction of sp³-hybridized carbons (Fsp3) is 0.923. The minimum atomic E-state index is 0.599. The molecule has 0 aliphatic heterocycles. The summed E-state index contributed by atoms with van der Waals surface area (Å²) in [6.07, 6.45) is 5.07. The highest BCUT2D eigenvalue weighted by Gasteiger charge is 2.16. The number of nitrogens with zero attached hydrogens (tertiary/aromatic N) is 2. The van der Waals surface area contributed by atoms with Gasteiger partial charge in [-0.15, -0.1) is 0 Å². The number of methoxy groups -OCH3 is 1. The van der Waals surface area contributed by atoms with Gasteiger partial charge in [-0.25, -0.2) is 0 Å². The number of hydrogen-bond donors (Lipinski definition) is 2. The van der Waals surface area contributed by atoms with Crippen LogP contribution in [0.5, 0.6) is 0 Å². The quantitative estimate of drug-likeness (QED) is 0.361. The average molecular weight is 256 g/mol. The number of rotatable bonds is 9. The molecule has 0 spiro atoms. The number of nitrogens with one attached hydrogen (secondary N) is 1. The van der Waals surface area contributed by atoms with Crippen LogP contribution >= 0.6 is 0 Å². The first-order valence-corrected chi connectivity index (χ1v) is 6.93. The number of ether oxygens (including phenoxy) is 1. The van der Waals surface area contributed by atoms with Gasteiger partial charge >= 0.3 is 0 Å². The zero-order chi connectivity index (χ0) is 13.2. The predicted octanol–water partition coefficient (Wildman–Crippen LogP) is 0.659. The zero-order valence-corrected chi connectivity index (χ0v) is 11.8. The monoisotopic (exact) mass is 256 g/mol. The molecule has 5 nitrogen and oxygen atoms in total. The zero-order valence-electron chi connectivity index (χ0n) is 11.8. The van der Waals surface area contributed by atoms with Crippen molar-refractivity contribution in [2.45, 2.75) is 25.7 Å². The fourth-order valence-corrected chi connectivity index (χ4v) is 1.88. The van der Waals surface area contributed by atoms with E-state index in [0.29, 0.717) is 5.96 Å². The Morgan fingerprint density at radius 3 is 2.83 bits per heavy atom. The first kappa shape index (κ1) is 15.2. The lowest BCUT2D eigenvalue weighted by Gasteiger charge is -2.23. The minimum Gasteiger partial charge on any atom is -0.383 e. The Morgan fingerprint density at radius 2 is 2.22 bits per heavy atom. The van der Waals surface area contributed by atoms with Crippen LogP contribution in [0.1, 0.15) is 25.7 Å². The third-order valence-electron chi connectivity index (χ3n) is 3.44. The number of aliphatic imine (C=N–C) groups is 1. The van der Waals surface area contributed by atoms with Crippen LogP contribution in [0.2, 0.25) is 0 Å². The summed E-state index contributed by atoms with van der Waals surface area (Å²) in [5, 5.41) is 3.17. The number of nitrogens with two attached hydrogens (primary N) is 1. The molecular weight excluding hydrogens is 228 g/mol. The summed E-state index contributed by atoms with van der Waals surface area (Å²) in [4.78, 5) is 6.62. The summed E-state index contributed by atoms with van der Waals surface area (Å²) in [5.41, 5.74) is 5.80. The molecule has 0 aromatic rings. The van der Waals surface area contributed by atoms with Crippen molar-refractivity contribution < 1.29 is 4.74 Å². The third kappa shape index (κ3) is 6.81. The van der Waals surface area contributed by atoms with E-state index in [0.717, 1.165) is 45.1 Å². The van der Waals surface area contributed by atoms with Crippen LogP contribution in [-0.4, -0.2) is 57.8 Å². The summed E-state index contributed by atoms with van der Waals surface area (Å²) in [6, 6.07) is 0. The smallest absolute Gasteiger partial charge is 0.188 e.